The molecule has 2 aromatic carbocycles. The molecule has 0 N–H and O–H groups in total. The van der Waals surface area contributed by atoms with Gasteiger partial charge < -0.3 is 19.3 Å². The van der Waals surface area contributed by atoms with Crippen LogP contribution in [-0.2, 0) is 16.0 Å². The largest absolute Gasteiger partial charge is 0.493 e. The lowest BCUT2D eigenvalue weighted by Crippen LogP contribution is -2.51. The van der Waals surface area contributed by atoms with Gasteiger partial charge in [0.05, 0.1) is 18.6 Å². The maximum absolute atomic E-state index is 13.1. The second-order valence-corrected chi connectivity index (χ2v) is 9.60. The lowest BCUT2D eigenvalue weighted by atomic mass is 10.0. The van der Waals surface area contributed by atoms with Crippen LogP contribution in [0.1, 0.15) is 18.1 Å². The SMILES string of the molecule is C=CCc1cc(/C=C2/SC(=O)N(CC(=O)N3CCN(c4ccccc4)CC3)C2=O)cc(OCC)c1OC. The Morgan fingerprint density at radius 3 is 2.49 bits per heavy atom. The number of ether oxygens (including phenoxy) is 2. The van der Waals surface area contributed by atoms with Gasteiger partial charge in [0, 0.05) is 37.4 Å². The van der Waals surface area contributed by atoms with Crippen LogP contribution in [0.15, 0.2) is 60.0 Å². The van der Waals surface area contributed by atoms with Crippen LogP contribution in [0, 0.1) is 0 Å². The van der Waals surface area contributed by atoms with Crippen molar-refractivity contribution < 1.29 is 23.9 Å². The van der Waals surface area contributed by atoms with Gasteiger partial charge in [-0.1, -0.05) is 24.3 Å². The topological polar surface area (TPSA) is 79.4 Å². The average Bonchev–Trinajstić information content (AvgIpc) is 3.17. The van der Waals surface area contributed by atoms with E-state index >= 15 is 0 Å². The Hall–Kier alpha value is -3.72. The third-order valence-corrected chi connectivity index (χ3v) is 7.15. The average molecular weight is 522 g/mol. The number of carbonyl (C=O) groups is 3. The molecule has 0 spiro atoms. The molecule has 9 heteroatoms. The van der Waals surface area contributed by atoms with Gasteiger partial charge in [-0.05, 0) is 61.0 Å². The summed E-state index contributed by atoms with van der Waals surface area (Å²) in [5, 5.41) is -0.447. The van der Waals surface area contributed by atoms with Crippen LogP contribution in [0.5, 0.6) is 11.5 Å². The van der Waals surface area contributed by atoms with Crippen LogP contribution in [0.2, 0.25) is 0 Å². The van der Waals surface area contributed by atoms with E-state index in [0.29, 0.717) is 56.3 Å². The summed E-state index contributed by atoms with van der Waals surface area (Å²) in [6.07, 6.45) is 3.97. The van der Waals surface area contributed by atoms with E-state index in [0.717, 1.165) is 27.9 Å². The fourth-order valence-electron chi connectivity index (χ4n) is 4.44. The third-order valence-electron chi connectivity index (χ3n) is 6.24. The fraction of sp³-hybridized carbons (Fsp3) is 0.321. The van der Waals surface area contributed by atoms with Gasteiger partial charge in [-0.25, -0.2) is 0 Å². The quantitative estimate of drug-likeness (QED) is 0.361. The molecule has 2 aliphatic heterocycles. The van der Waals surface area contributed by atoms with Crippen LogP contribution < -0.4 is 14.4 Å². The number of benzene rings is 2. The van der Waals surface area contributed by atoms with Crippen molar-refractivity contribution in [1.82, 2.24) is 9.80 Å². The lowest BCUT2D eigenvalue weighted by Gasteiger charge is -2.36. The molecule has 0 radical (unpaired) electrons. The molecule has 0 atom stereocenters. The highest BCUT2D eigenvalue weighted by atomic mass is 32.2. The van der Waals surface area contributed by atoms with E-state index in [4.69, 9.17) is 9.47 Å². The number of carbonyl (C=O) groups excluding carboxylic acids is 3. The van der Waals surface area contributed by atoms with Crippen molar-refractivity contribution in [3.8, 4) is 11.5 Å². The van der Waals surface area contributed by atoms with Crippen LogP contribution in [0.25, 0.3) is 6.08 Å². The van der Waals surface area contributed by atoms with Crippen molar-refractivity contribution >= 4 is 40.6 Å². The number of imide groups is 1. The number of methoxy groups -OCH3 is 1. The molecule has 0 aromatic heterocycles. The fourth-order valence-corrected chi connectivity index (χ4v) is 5.28. The molecule has 194 valence electrons. The number of anilines is 1. The van der Waals surface area contributed by atoms with E-state index in [9.17, 15) is 14.4 Å². The molecule has 2 aliphatic rings. The normalized spacial score (nSPS) is 16.9. The van der Waals surface area contributed by atoms with Crippen molar-refractivity contribution in [1.29, 1.82) is 0 Å². The van der Waals surface area contributed by atoms with Gasteiger partial charge in [-0.2, -0.15) is 0 Å². The van der Waals surface area contributed by atoms with Gasteiger partial charge >= 0.3 is 0 Å². The molecule has 0 bridgehead atoms. The molecule has 3 amide bonds. The molecular formula is C28H31N3O5S. The lowest BCUT2D eigenvalue weighted by molar-refractivity contribution is -0.136. The Labute approximate surface area is 221 Å². The van der Waals surface area contributed by atoms with Gasteiger partial charge in [-0.3, -0.25) is 19.3 Å². The molecular weight excluding hydrogens is 490 g/mol. The number of thioether (sulfide) groups is 1. The Bertz CT molecular complexity index is 1210. The molecule has 0 unspecified atom stereocenters. The van der Waals surface area contributed by atoms with E-state index in [1.54, 1.807) is 30.2 Å². The summed E-state index contributed by atoms with van der Waals surface area (Å²) in [7, 11) is 1.58. The standard InChI is InChI=1S/C28H31N3O5S/c1-4-9-21-16-20(17-23(36-5-2)26(21)35-3)18-24-27(33)31(28(34)37-24)19-25(32)30-14-12-29(13-15-30)22-10-7-6-8-11-22/h4,6-8,10-11,16-18H,1,5,9,12-15,19H2,2-3H3/b24-18+. The number of para-hydroxylation sites is 1. The highest BCUT2D eigenvalue weighted by molar-refractivity contribution is 8.18. The first-order valence-electron chi connectivity index (χ1n) is 12.2. The minimum atomic E-state index is -0.467. The smallest absolute Gasteiger partial charge is 0.294 e. The zero-order valence-electron chi connectivity index (χ0n) is 21.1. The minimum absolute atomic E-state index is 0.229. The highest BCUT2D eigenvalue weighted by Crippen LogP contribution is 2.37. The van der Waals surface area contributed by atoms with E-state index in [2.05, 4.69) is 11.5 Å². The minimum Gasteiger partial charge on any atom is -0.493 e. The number of hydrogen-bond acceptors (Lipinski definition) is 7. The van der Waals surface area contributed by atoms with Crippen molar-refractivity contribution in [3.05, 3.63) is 71.2 Å². The maximum atomic E-state index is 13.1. The summed E-state index contributed by atoms with van der Waals surface area (Å²) in [6.45, 7) is 8.34. The summed E-state index contributed by atoms with van der Waals surface area (Å²) in [6, 6.07) is 13.7. The Balaban J connectivity index is 1.44. The van der Waals surface area contributed by atoms with E-state index in [1.165, 1.54) is 0 Å². The van der Waals surface area contributed by atoms with E-state index in [-0.39, 0.29) is 17.4 Å². The third kappa shape index (κ3) is 5.99. The first kappa shape index (κ1) is 26.3. The summed E-state index contributed by atoms with van der Waals surface area (Å²) in [5.74, 6) is 0.475. The maximum Gasteiger partial charge on any atom is 0.294 e. The molecule has 2 saturated heterocycles. The summed E-state index contributed by atoms with van der Waals surface area (Å²) < 4.78 is 11.3. The second-order valence-electron chi connectivity index (χ2n) is 8.61. The first-order chi connectivity index (χ1) is 17.9. The molecule has 2 aromatic rings. The van der Waals surface area contributed by atoms with E-state index < -0.39 is 11.1 Å². The number of piperazine rings is 1. The van der Waals surface area contributed by atoms with Crippen LogP contribution in [0.4, 0.5) is 10.5 Å². The van der Waals surface area contributed by atoms with Crippen LogP contribution in [-0.4, -0.2) is 73.3 Å². The second kappa shape index (κ2) is 12.0. The predicted octanol–water partition coefficient (Wildman–Crippen LogP) is 4.21. The van der Waals surface area contributed by atoms with Crippen molar-refractivity contribution in [2.75, 3.05) is 51.3 Å². The summed E-state index contributed by atoms with van der Waals surface area (Å²) in [4.78, 5) is 43.9. The zero-order chi connectivity index (χ0) is 26.4. The molecule has 0 aliphatic carbocycles. The molecule has 8 nitrogen and oxygen atoms in total. The van der Waals surface area contributed by atoms with Gasteiger partial charge in [0.15, 0.2) is 11.5 Å². The molecule has 4 rings (SSSR count). The molecule has 37 heavy (non-hydrogen) atoms. The van der Waals surface area contributed by atoms with Crippen molar-refractivity contribution in [2.24, 2.45) is 0 Å². The first-order valence-corrected chi connectivity index (χ1v) is 13.0. The Morgan fingerprint density at radius 2 is 1.84 bits per heavy atom. The van der Waals surface area contributed by atoms with E-state index in [1.807, 2.05) is 43.3 Å². The monoisotopic (exact) mass is 521 g/mol. The number of allylic oxidation sites excluding steroid dienone is 1. The summed E-state index contributed by atoms with van der Waals surface area (Å²) in [5.41, 5.74) is 2.68. The van der Waals surface area contributed by atoms with Crippen LogP contribution >= 0.6 is 11.8 Å². The Kier molecular flexibility index (Phi) is 8.55. The number of amides is 3. The van der Waals surface area contributed by atoms with Crippen molar-refractivity contribution in [3.63, 3.8) is 0 Å². The zero-order valence-corrected chi connectivity index (χ0v) is 22.0. The van der Waals surface area contributed by atoms with Crippen LogP contribution in [0.3, 0.4) is 0 Å². The summed E-state index contributed by atoms with van der Waals surface area (Å²) >= 11 is 0.839. The highest BCUT2D eigenvalue weighted by Gasteiger charge is 2.37. The van der Waals surface area contributed by atoms with Gasteiger partial charge in [0.1, 0.15) is 6.54 Å². The Morgan fingerprint density at radius 1 is 1.11 bits per heavy atom. The molecule has 2 fully saturated rings. The van der Waals surface area contributed by atoms with Gasteiger partial charge in [-0.15, -0.1) is 6.58 Å². The van der Waals surface area contributed by atoms with Crippen molar-refractivity contribution in [2.45, 2.75) is 13.3 Å². The van der Waals surface area contributed by atoms with Gasteiger partial charge in [0.2, 0.25) is 5.91 Å². The number of hydrogen-bond donors (Lipinski definition) is 0. The predicted molar refractivity (Wildman–Crippen MR) is 146 cm³/mol. The number of nitrogens with zero attached hydrogens (tertiary/aromatic N) is 3. The molecule has 2 heterocycles. The van der Waals surface area contributed by atoms with Gasteiger partial charge in [0.25, 0.3) is 11.1 Å². The number of rotatable bonds is 9. The molecule has 0 saturated carbocycles.